The predicted octanol–water partition coefficient (Wildman–Crippen LogP) is 1.89. The molecule has 0 heterocycles. The molecule has 0 spiro atoms. The van der Waals surface area contributed by atoms with Gasteiger partial charge in [0, 0.05) is 0 Å². The van der Waals surface area contributed by atoms with Gasteiger partial charge in [-0.15, -0.1) is 0 Å². The molecule has 0 bridgehead atoms. The Morgan fingerprint density at radius 1 is 0.741 bits per heavy atom. The summed E-state index contributed by atoms with van der Waals surface area (Å²) in [5.74, 6) is 0. The number of halogens is 2. The summed E-state index contributed by atoms with van der Waals surface area (Å²) in [6.45, 7) is 3.16. The van der Waals surface area contributed by atoms with Crippen molar-refractivity contribution in [3.05, 3.63) is 45.4 Å². The first-order chi connectivity index (χ1) is 11.6. The van der Waals surface area contributed by atoms with Gasteiger partial charge in [-0.05, 0) is 49.2 Å². The number of rotatable bonds is 2. The minimum Gasteiger partial charge on any atom is -0.744 e. The van der Waals surface area contributed by atoms with Crippen LogP contribution in [0, 0.1) is 13.8 Å². The topological polar surface area (TPSA) is 166 Å². The molecule has 0 aromatic heterocycles. The first-order valence-corrected chi connectivity index (χ1v) is 10.2. The van der Waals surface area contributed by atoms with Crippen molar-refractivity contribution in [2.24, 2.45) is 0 Å². The molecule has 0 fully saturated rings. The van der Waals surface area contributed by atoms with Crippen molar-refractivity contribution in [1.82, 2.24) is 0 Å². The zero-order valence-corrected chi connectivity index (χ0v) is 19.5. The summed E-state index contributed by atoms with van der Waals surface area (Å²) in [4.78, 5) is -0.714. The van der Waals surface area contributed by atoms with Gasteiger partial charge in [0.2, 0.25) is 0 Å². The zero-order chi connectivity index (χ0) is 20.4. The van der Waals surface area contributed by atoms with Gasteiger partial charge >= 0.3 is 37.7 Å². The average molecular weight is 481 g/mol. The molecule has 8 nitrogen and oxygen atoms in total. The maximum Gasteiger partial charge on any atom is 2.00 e. The fourth-order valence-electron chi connectivity index (χ4n) is 1.74. The van der Waals surface area contributed by atoms with Gasteiger partial charge in [-0.3, -0.25) is 0 Å². The van der Waals surface area contributed by atoms with E-state index in [0.29, 0.717) is 11.1 Å². The number of nitrogen functional groups attached to an aromatic ring is 2. The van der Waals surface area contributed by atoms with Gasteiger partial charge in [0.15, 0.2) is 0 Å². The van der Waals surface area contributed by atoms with E-state index in [0.717, 1.165) is 12.1 Å². The van der Waals surface area contributed by atoms with Gasteiger partial charge in [-0.25, -0.2) is 16.8 Å². The fraction of sp³-hybridized carbons (Fsp3) is 0.143. The maximum absolute atomic E-state index is 10.6. The molecule has 0 saturated heterocycles. The van der Waals surface area contributed by atoms with E-state index in [1.807, 2.05) is 0 Å². The Kier molecular flexibility index (Phi) is 9.84. The van der Waals surface area contributed by atoms with E-state index in [-0.39, 0.29) is 68.9 Å². The molecular formula is C14H14CaCl2N2O6S2. The molecule has 2 aromatic carbocycles. The Bertz CT molecular complexity index is 928. The number of benzene rings is 2. The van der Waals surface area contributed by atoms with Gasteiger partial charge in [0.25, 0.3) is 0 Å². The molecule has 27 heavy (non-hydrogen) atoms. The Hall–Kier alpha value is -0.300. The van der Waals surface area contributed by atoms with Gasteiger partial charge in [0.05, 0.1) is 31.2 Å². The summed E-state index contributed by atoms with van der Waals surface area (Å²) < 4.78 is 63.6. The summed E-state index contributed by atoms with van der Waals surface area (Å²) in [5, 5.41) is 0.156. The van der Waals surface area contributed by atoms with Crippen LogP contribution in [0.5, 0.6) is 0 Å². The largest absolute Gasteiger partial charge is 2.00 e. The number of hydrogen-bond acceptors (Lipinski definition) is 8. The van der Waals surface area contributed by atoms with E-state index < -0.39 is 20.2 Å². The average Bonchev–Trinajstić information content (AvgIpc) is 2.48. The molecule has 0 amide bonds. The smallest absolute Gasteiger partial charge is 0.744 e. The van der Waals surface area contributed by atoms with E-state index in [9.17, 15) is 25.9 Å². The SMILES string of the molecule is Cc1cc(S(=O)(=O)[O-])cc(Cl)c1N.Cc1cc(S(=O)(=O)[O-])cc(Cl)c1N.[Ca+2]. The molecule has 0 aliphatic heterocycles. The summed E-state index contributed by atoms with van der Waals surface area (Å²) in [6.07, 6.45) is 0. The molecule has 2 rings (SSSR count). The first-order valence-electron chi connectivity index (χ1n) is 6.67. The van der Waals surface area contributed by atoms with Crippen LogP contribution in [-0.4, -0.2) is 63.7 Å². The minimum atomic E-state index is -4.45. The number of hydrogen-bond donors (Lipinski definition) is 2. The van der Waals surface area contributed by atoms with Crippen molar-refractivity contribution in [3.63, 3.8) is 0 Å². The van der Waals surface area contributed by atoms with Crippen LogP contribution in [0.25, 0.3) is 0 Å². The fourth-order valence-corrected chi connectivity index (χ4v) is 3.57. The maximum atomic E-state index is 10.6. The Labute approximate surface area is 197 Å². The van der Waals surface area contributed by atoms with Crippen molar-refractivity contribution < 1.29 is 25.9 Å². The number of anilines is 2. The van der Waals surface area contributed by atoms with Crippen molar-refractivity contribution in [1.29, 1.82) is 0 Å². The van der Waals surface area contributed by atoms with E-state index in [4.69, 9.17) is 34.7 Å². The van der Waals surface area contributed by atoms with Crippen LogP contribution < -0.4 is 11.5 Å². The second kappa shape index (κ2) is 9.95. The molecule has 0 radical (unpaired) electrons. The molecule has 13 heteroatoms. The normalized spacial score (nSPS) is 11.2. The van der Waals surface area contributed by atoms with Crippen molar-refractivity contribution in [3.8, 4) is 0 Å². The molecule has 0 unspecified atom stereocenters. The van der Waals surface area contributed by atoms with Crippen LogP contribution in [0.1, 0.15) is 11.1 Å². The Balaban J connectivity index is 0.000000483. The Morgan fingerprint density at radius 3 is 1.19 bits per heavy atom. The third-order valence-corrected chi connectivity index (χ3v) is 5.45. The summed E-state index contributed by atoms with van der Waals surface area (Å²) >= 11 is 11.2. The third-order valence-electron chi connectivity index (χ3n) is 3.20. The monoisotopic (exact) mass is 480 g/mol. The predicted molar refractivity (Wildman–Crippen MR) is 103 cm³/mol. The molecule has 0 aliphatic rings. The van der Waals surface area contributed by atoms with E-state index in [1.165, 1.54) is 12.1 Å². The first kappa shape index (κ1) is 26.7. The van der Waals surface area contributed by atoms with Crippen molar-refractivity contribution in [2.75, 3.05) is 11.5 Å². The Morgan fingerprint density at radius 2 is 1.00 bits per heavy atom. The van der Waals surface area contributed by atoms with Crippen LogP contribution >= 0.6 is 23.2 Å². The van der Waals surface area contributed by atoms with E-state index in [1.54, 1.807) is 13.8 Å². The van der Waals surface area contributed by atoms with Crippen LogP contribution in [0.15, 0.2) is 34.1 Å². The van der Waals surface area contributed by atoms with Gasteiger partial charge < -0.3 is 20.6 Å². The summed E-state index contributed by atoms with van der Waals surface area (Å²) in [5.41, 5.74) is 12.5. The second-order valence-corrected chi connectivity index (χ2v) is 8.75. The number of nitrogens with two attached hydrogens (primary N) is 2. The zero-order valence-electron chi connectivity index (χ0n) is 14.2. The molecule has 144 valence electrons. The molecule has 0 aliphatic carbocycles. The van der Waals surface area contributed by atoms with Crippen LogP contribution in [0.3, 0.4) is 0 Å². The quantitative estimate of drug-likeness (QED) is 0.373. The minimum absolute atomic E-state index is 0. The van der Waals surface area contributed by atoms with Gasteiger partial charge in [-0.2, -0.15) is 0 Å². The number of aryl methyl sites for hydroxylation is 2. The molecule has 0 saturated carbocycles. The van der Waals surface area contributed by atoms with E-state index in [2.05, 4.69) is 0 Å². The van der Waals surface area contributed by atoms with Crippen LogP contribution in [-0.2, 0) is 20.2 Å². The molecular weight excluding hydrogens is 467 g/mol. The molecule has 2 aromatic rings. The van der Waals surface area contributed by atoms with Gasteiger partial charge in [-0.1, -0.05) is 23.2 Å². The molecule has 0 atom stereocenters. The summed E-state index contributed by atoms with van der Waals surface area (Å²) in [6, 6.07) is 4.49. The van der Waals surface area contributed by atoms with E-state index >= 15 is 0 Å². The van der Waals surface area contributed by atoms with Gasteiger partial charge in [0.1, 0.15) is 20.2 Å². The second-order valence-electron chi connectivity index (χ2n) is 5.18. The van der Waals surface area contributed by atoms with Crippen molar-refractivity contribution in [2.45, 2.75) is 23.6 Å². The van der Waals surface area contributed by atoms with Crippen LogP contribution in [0.2, 0.25) is 10.0 Å². The van der Waals surface area contributed by atoms with Crippen molar-refractivity contribution >= 4 is 92.6 Å². The standard InChI is InChI=1S/2C7H8ClNO3S.Ca/c2*1-4-2-5(13(10,11)12)3-6(8)7(4)9;/h2*2-3H,9H2,1H3,(H,10,11,12);/q;;+2/p-2. The summed E-state index contributed by atoms with van der Waals surface area (Å²) in [7, 11) is -8.91. The molecule has 4 N–H and O–H groups in total. The van der Waals surface area contributed by atoms with Crippen LogP contribution in [0.4, 0.5) is 11.4 Å². The third kappa shape index (κ3) is 7.56.